The first-order chi connectivity index (χ1) is 23.1. The Morgan fingerprint density at radius 1 is 1.06 bits per heavy atom. The first-order valence-electron chi connectivity index (χ1n) is 17.2. The molecule has 2 N–H and O–H groups in total. The molecule has 0 amide bonds. The topological polar surface area (TPSA) is 90.5 Å². The number of carboxylic acids is 1. The SMILES string of the molecule is CCNCC.Cc1nn(CC(F)(F)F)c2c1-c1cccc3c(CCCOc4cccc5c4CCCC5)c(C(=O)O)n(c13)CCCCOC2. The molecule has 3 heterocycles. The molecule has 1 aliphatic heterocycles. The average molecular weight is 669 g/mol. The van der Waals surface area contributed by atoms with Crippen molar-refractivity contribution in [1.82, 2.24) is 19.7 Å². The van der Waals surface area contributed by atoms with Gasteiger partial charge in [0.05, 0.1) is 30.1 Å². The van der Waals surface area contributed by atoms with Crippen LogP contribution in [0.5, 0.6) is 5.75 Å². The predicted molar refractivity (Wildman–Crippen MR) is 181 cm³/mol. The third-order valence-corrected chi connectivity index (χ3v) is 9.06. The van der Waals surface area contributed by atoms with Gasteiger partial charge in [0.25, 0.3) is 0 Å². The van der Waals surface area contributed by atoms with Gasteiger partial charge in [-0.1, -0.05) is 44.2 Å². The zero-order valence-corrected chi connectivity index (χ0v) is 28.2. The molecule has 0 bridgehead atoms. The highest BCUT2D eigenvalue weighted by Crippen LogP contribution is 2.39. The predicted octanol–water partition coefficient (Wildman–Crippen LogP) is 7.89. The number of carboxylic acid groups (broad SMARTS) is 1. The highest BCUT2D eigenvalue weighted by Gasteiger charge is 2.33. The fourth-order valence-corrected chi connectivity index (χ4v) is 7.04. The molecule has 4 aromatic rings. The lowest BCUT2D eigenvalue weighted by Gasteiger charge is -2.19. The molecule has 2 aliphatic rings. The number of aromatic carboxylic acids is 1. The van der Waals surface area contributed by atoms with Gasteiger partial charge in [0, 0.05) is 29.7 Å². The lowest BCUT2D eigenvalue weighted by molar-refractivity contribution is -0.143. The quantitative estimate of drug-likeness (QED) is 0.176. The molecule has 0 saturated heterocycles. The highest BCUT2D eigenvalue weighted by molar-refractivity contribution is 6.04. The Balaban J connectivity index is 0.000000840. The molecule has 48 heavy (non-hydrogen) atoms. The van der Waals surface area contributed by atoms with Crippen LogP contribution in [0.1, 0.15) is 84.5 Å². The van der Waals surface area contributed by atoms with Crippen molar-refractivity contribution in [2.24, 2.45) is 0 Å². The third-order valence-electron chi connectivity index (χ3n) is 9.06. The molecule has 2 aromatic carbocycles. The van der Waals surface area contributed by atoms with E-state index in [4.69, 9.17) is 9.47 Å². The molecule has 0 fully saturated rings. The second-order valence-corrected chi connectivity index (χ2v) is 12.4. The number of fused-ring (bicyclic) bond motifs is 3. The largest absolute Gasteiger partial charge is 0.493 e. The smallest absolute Gasteiger partial charge is 0.408 e. The minimum atomic E-state index is -4.45. The van der Waals surface area contributed by atoms with Crippen LogP contribution in [0.2, 0.25) is 0 Å². The minimum Gasteiger partial charge on any atom is -0.493 e. The van der Waals surface area contributed by atoms with E-state index in [2.05, 4.69) is 30.3 Å². The minimum absolute atomic E-state index is 0.0114. The molecule has 1 aliphatic carbocycles. The van der Waals surface area contributed by atoms with E-state index in [1.54, 1.807) is 6.92 Å². The van der Waals surface area contributed by atoms with Gasteiger partial charge in [0.2, 0.25) is 0 Å². The zero-order chi connectivity index (χ0) is 34.3. The number of halogens is 3. The molecule has 260 valence electrons. The van der Waals surface area contributed by atoms with Crippen molar-refractivity contribution in [3.63, 3.8) is 0 Å². The molecule has 0 unspecified atom stereocenters. The number of hydrogen-bond acceptors (Lipinski definition) is 5. The summed E-state index contributed by atoms with van der Waals surface area (Å²) in [6, 6.07) is 11.8. The fraction of sp³-hybridized carbons (Fsp3) is 0.514. The second-order valence-electron chi connectivity index (χ2n) is 12.4. The van der Waals surface area contributed by atoms with Gasteiger partial charge in [-0.05, 0) is 94.1 Å². The lowest BCUT2D eigenvalue weighted by Crippen LogP contribution is -2.21. The fourth-order valence-electron chi connectivity index (χ4n) is 7.04. The van der Waals surface area contributed by atoms with Crippen LogP contribution in [0.25, 0.3) is 22.0 Å². The average Bonchev–Trinajstić information content (AvgIpc) is 3.52. The lowest BCUT2D eigenvalue weighted by atomic mass is 9.91. The number of benzene rings is 2. The molecule has 0 atom stereocenters. The number of nitrogens with one attached hydrogen (secondary N) is 1. The molecule has 8 nitrogen and oxygen atoms in total. The molecule has 0 saturated carbocycles. The van der Waals surface area contributed by atoms with E-state index in [-0.39, 0.29) is 12.3 Å². The Bertz CT molecular complexity index is 1710. The molecule has 0 radical (unpaired) electrons. The maximum Gasteiger partial charge on any atom is 0.408 e. The van der Waals surface area contributed by atoms with Gasteiger partial charge in [-0.25, -0.2) is 4.79 Å². The van der Waals surface area contributed by atoms with Gasteiger partial charge in [0.15, 0.2) is 0 Å². The molecular weight excluding hydrogens is 621 g/mol. The van der Waals surface area contributed by atoms with Crippen LogP contribution < -0.4 is 10.1 Å². The molecule has 2 aromatic heterocycles. The van der Waals surface area contributed by atoms with Crippen molar-refractivity contribution in [2.45, 2.75) is 98.0 Å². The first kappa shape index (κ1) is 35.5. The monoisotopic (exact) mass is 668 g/mol. The maximum atomic E-state index is 13.5. The summed E-state index contributed by atoms with van der Waals surface area (Å²) >= 11 is 0. The van der Waals surface area contributed by atoms with Crippen molar-refractivity contribution in [3.8, 4) is 16.9 Å². The number of aromatic nitrogens is 3. The maximum absolute atomic E-state index is 13.5. The number of para-hydroxylation sites is 1. The Labute approximate surface area is 280 Å². The highest BCUT2D eigenvalue weighted by atomic mass is 19.4. The summed E-state index contributed by atoms with van der Waals surface area (Å²) in [4.78, 5) is 12.8. The van der Waals surface area contributed by atoms with Crippen molar-refractivity contribution < 1.29 is 32.5 Å². The van der Waals surface area contributed by atoms with Crippen molar-refractivity contribution >= 4 is 16.9 Å². The van der Waals surface area contributed by atoms with E-state index < -0.39 is 18.7 Å². The van der Waals surface area contributed by atoms with Crippen LogP contribution in [0.3, 0.4) is 0 Å². The van der Waals surface area contributed by atoms with E-state index in [0.717, 1.165) is 53.7 Å². The summed E-state index contributed by atoms with van der Waals surface area (Å²) < 4.78 is 55.3. The first-order valence-corrected chi connectivity index (χ1v) is 17.2. The van der Waals surface area contributed by atoms with Crippen molar-refractivity contribution in [2.75, 3.05) is 26.3 Å². The number of rotatable bonds is 9. The summed E-state index contributed by atoms with van der Waals surface area (Å²) in [6.45, 7) is 8.10. The number of alkyl halides is 3. The molecule has 11 heteroatoms. The number of hydrogen-bond donors (Lipinski definition) is 2. The van der Waals surface area contributed by atoms with Crippen LogP contribution in [0, 0.1) is 6.92 Å². The van der Waals surface area contributed by atoms with E-state index in [0.29, 0.717) is 73.5 Å². The summed E-state index contributed by atoms with van der Waals surface area (Å²) in [6.07, 6.45) is 2.40. The normalized spacial score (nSPS) is 14.8. The second kappa shape index (κ2) is 16.0. The molecular formula is C37H47F3N4O4. The number of ether oxygens (including phenoxy) is 2. The van der Waals surface area contributed by atoms with E-state index in [1.165, 1.54) is 17.5 Å². The Kier molecular flexibility index (Phi) is 11.9. The van der Waals surface area contributed by atoms with E-state index in [9.17, 15) is 23.1 Å². The summed E-state index contributed by atoms with van der Waals surface area (Å²) in [5, 5.41) is 18.6. The third kappa shape index (κ3) is 8.06. The van der Waals surface area contributed by atoms with E-state index >= 15 is 0 Å². The van der Waals surface area contributed by atoms with Gasteiger partial charge >= 0.3 is 12.1 Å². The van der Waals surface area contributed by atoms with Gasteiger partial charge in [-0.2, -0.15) is 18.3 Å². The van der Waals surface area contributed by atoms with Crippen molar-refractivity contribution in [3.05, 3.63) is 70.2 Å². The Morgan fingerprint density at radius 2 is 1.83 bits per heavy atom. The Morgan fingerprint density at radius 3 is 2.56 bits per heavy atom. The molecule has 0 spiro atoms. The van der Waals surface area contributed by atoms with Crippen LogP contribution in [-0.4, -0.2) is 57.9 Å². The van der Waals surface area contributed by atoms with Gasteiger partial charge < -0.3 is 24.5 Å². The number of carbonyl (C=O) groups is 1. The standard InChI is InChI=1S/C33H36F3N3O4.C4H11N/c1-21-29-26-13-7-12-24-25(14-8-18-43-28-15-6-10-22-9-2-3-11-23(22)28)31(32(40)41)38(30(24)26)16-4-5-17-42-19-27(29)39(37-21)20-33(34,35)36;1-3-5-4-2/h6-7,10,12-13,15H,2-5,8-9,11,14,16-20H2,1H3,(H,40,41);5H,3-4H2,1-2H3. The van der Waals surface area contributed by atoms with Crippen molar-refractivity contribution in [1.29, 1.82) is 0 Å². The van der Waals surface area contributed by atoms with Gasteiger partial charge in [0.1, 0.15) is 18.0 Å². The number of aryl methyl sites for hydroxylation is 4. The van der Waals surface area contributed by atoms with Gasteiger partial charge in [-0.3, -0.25) is 4.68 Å². The zero-order valence-electron chi connectivity index (χ0n) is 28.2. The van der Waals surface area contributed by atoms with Gasteiger partial charge in [-0.15, -0.1) is 0 Å². The Hall–Kier alpha value is -3.83. The summed E-state index contributed by atoms with van der Waals surface area (Å²) in [7, 11) is 0. The van der Waals surface area contributed by atoms with Crippen LogP contribution in [-0.2, 0) is 43.7 Å². The van der Waals surface area contributed by atoms with E-state index in [1.807, 2.05) is 34.9 Å². The van der Waals surface area contributed by atoms with Crippen LogP contribution in [0.15, 0.2) is 36.4 Å². The molecule has 6 rings (SSSR count). The summed E-state index contributed by atoms with van der Waals surface area (Å²) in [5.41, 5.74) is 6.31. The van der Waals surface area contributed by atoms with Crippen LogP contribution in [0.4, 0.5) is 13.2 Å². The van der Waals surface area contributed by atoms with Crippen LogP contribution >= 0.6 is 0 Å². The number of nitrogens with zero attached hydrogens (tertiary/aromatic N) is 3. The summed E-state index contributed by atoms with van der Waals surface area (Å²) in [5.74, 6) is -0.109.